The van der Waals surface area contributed by atoms with E-state index in [1.807, 2.05) is 70.3 Å². The van der Waals surface area contributed by atoms with E-state index in [0.29, 0.717) is 54.9 Å². The molecule has 13 nitrogen and oxygen atoms in total. The largest absolute Gasteiger partial charge is 0.493 e. The summed E-state index contributed by atoms with van der Waals surface area (Å²) in [5, 5.41) is 24.6. The molecule has 0 aromatic heterocycles. The van der Waals surface area contributed by atoms with Gasteiger partial charge in [-0.1, -0.05) is 62.1 Å². The molecule has 7 unspecified atom stereocenters. The first-order valence-electron chi connectivity index (χ1n) is 20.5. The summed E-state index contributed by atoms with van der Waals surface area (Å²) in [6.45, 7) is 15.6. The van der Waals surface area contributed by atoms with Gasteiger partial charge in [0.1, 0.15) is 12.2 Å². The highest BCUT2D eigenvalue weighted by atomic mass is 16.8. The molecule has 4 N–H and O–H groups in total. The smallest absolute Gasteiger partial charge is 0.415 e. The lowest BCUT2D eigenvalue weighted by Crippen LogP contribution is -2.57. The number of ketones is 1. The minimum Gasteiger partial charge on any atom is -0.493 e. The Hall–Kier alpha value is -4.37. The third kappa shape index (κ3) is 9.51. The highest BCUT2D eigenvalue weighted by Crippen LogP contribution is 2.53. The summed E-state index contributed by atoms with van der Waals surface area (Å²) in [4.78, 5) is 44.1. The van der Waals surface area contributed by atoms with Gasteiger partial charge in [0.2, 0.25) is 0 Å². The Kier molecular flexibility index (Phi) is 13.3. The van der Waals surface area contributed by atoms with Crippen molar-refractivity contribution < 1.29 is 48.3 Å². The van der Waals surface area contributed by atoms with Crippen LogP contribution in [-0.2, 0) is 36.6 Å². The van der Waals surface area contributed by atoms with Crippen LogP contribution in [-0.4, -0.2) is 114 Å². The average Bonchev–Trinajstić information content (AvgIpc) is 3.32. The van der Waals surface area contributed by atoms with Crippen molar-refractivity contribution in [2.24, 2.45) is 29.4 Å². The molecule has 2 heterocycles. The van der Waals surface area contributed by atoms with Crippen LogP contribution in [0, 0.1) is 23.7 Å². The number of hydrogen-bond acceptors (Lipinski definition) is 12. The van der Waals surface area contributed by atoms with Crippen molar-refractivity contribution in [1.29, 1.82) is 0 Å². The van der Waals surface area contributed by atoms with Crippen molar-refractivity contribution in [3.8, 4) is 11.5 Å². The van der Waals surface area contributed by atoms with Gasteiger partial charge in [-0.2, -0.15) is 0 Å². The van der Waals surface area contributed by atoms with Crippen molar-refractivity contribution in [2.75, 3.05) is 46.9 Å². The fourth-order valence-corrected chi connectivity index (χ4v) is 9.54. The molecule has 59 heavy (non-hydrogen) atoms. The van der Waals surface area contributed by atoms with Crippen LogP contribution in [0.3, 0.4) is 0 Å². The Balaban J connectivity index is 1.24. The number of benzene rings is 2. The van der Waals surface area contributed by atoms with E-state index in [-0.39, 0.29) is 61.0 Å². The maximum atomic E-state index is 13.8. The summed E-state index contributed by atoms with van der Waals surface area (Å²) in [5.74, 6) is -3.98. The van der Waals surface area contributed by atoms with Gasteiger partial charge in [0.15, 0.2) is 17.3 Å². The number of carbonyl (C=O) groups is 3. The second kappa shape index (κ2) is 17.7. The Morgan fingerprint density at radius 3 is 2.46 bits per heavy atom. The number of fused-ring (bicyclic) bond motifs is 3. The fraction of sp³-hybridized carbons (Fsp3) is 0.543. The molecule has 0 saturated carbocycles. The molecule has 6 rings (SSSR count). The van der Waals surface area contributed by atoms with E-state index in [9.17, 15) is 24.6 Å². The molecule has 0 spiro atoms. The molecule has 0 bridgehead atoms. The second-order valence-electron chi connectivity index (χ2n) is 17.3. The van der Waals surface area contributed by atoms with Gasteiger partial charge in [-0.05, 0) is 93.0 Å². The predicted molar refractivity (Wildman–Crippen MR) is 221 cm³/mol. The quantitative estimate of drug-likeness (QED) is 0.218. The Morgan fingerprint density at radius 2 is 1.78 bits per heavy atom. The van der Waals surface area contributed by atoms with Gasteiger partial charge in [-0.15, -0.1) is 0 Å². The van der Waals surface area contributed by atoms with Gasteiger partial charge in [-0.3, -0.25) is 9.59 Å². The number of ether oxygens (including phenoxy) is 5. The number of amides is 1. The summed E-state index contributed by atoms with van der Waals surface area (Å²) in [5.41, 5.74) is 6.25. The molecule has 2 aromatic rings. The molecule has 2 aromatic carbocycles. The number of esters is 1. The van der Waals surface area contributed by atoms with Crippen LogP contribution in [0.5, 0.6) is 11.5 Å². The Morgan fingerprint density at radius 1 is 1.05 bits per heavy atom. The lowest BCUT2D eigenvalue weighted by atomic mass is 9.65. The Labute approximate surface area is 347 Å². The van der Waals surface area contributed by atoms with E-state index < -0.39 is 47.2 Å². The van der Waals surface area contributed by atoms with Crippen LogP contribution in [0.2, 0.25) is 0 Å². The van der Waals surface area contributed by atoms with Crippen LogP contribution in [0.1, 0.15) is 58.6 Å². The third-order valence-corrected chi connectivity index (χ3v) is 12.7. The number of Topliss-reactive ketones (excluding diaryl/α,β-unsaturated/α-hetero) is 1. The Bertz CT molecular complexity index is 1970. The lowest BCUT2D eigenvalue weighted by Gasteiger charge is -2.41. The SMILES string of the molecule is C=C(C)C1(C)C[C@@H](C)C2C(C=C(COC(=O)Cc3ccc(OC(=O)N4CCN(C)CC4CN)c(OC)c3)CC3(O)C(=O)C(C)=CC23)C(C)O[C@](O)(Cc2ccccc2)O1. The zero-order valence-corrected chi connectivity index (χ0v) is 35.4. The summed E-state index contributed by atoms with van der Waals surface area (Å²) in [7, 11) is 3.43. The van der Waals surface area contributed by atoms with E-state index in [2.05, 4.69) is 18.4 Å². The zero-order valence-electron chi connectivity index (χ0n) is 35.4. The molecular weight excluding hydrogens is 755 g/mol. The molecule has 4 aliphatic rings. The van der Waals surface area contributed by atoms with Crippen LogP contribution in [0.4, 0.5) is 4.79 Å². The minimum atomic E-state index is -2.05. The molecule has 2 saturated heterocycles. The monoisotopic (exact) mass is 815 g/mol. The van der Waals surface area contributed by atoms with Crippen LogP contribution in [0.25, 0.3) is 0 Å². The lowest BCUT2D eigenvalue weighted by molar-refractivity contribution is -0.399. The van der Waals surface area contributed by atoms with Gasteiger partial charge in [0.05, 0.1) is 37.7 Å². The topological polar surface area (TPSA) is 170 Å². The van der Waals surface area contributed by atoms with Crippen molar-refractivity contribution in [1.82, 2.24) is 9.80 Å². The van der Waals surface area contributed by atoms with Gasteiger partial charge in [0.25, 0.3) is 5.97 Å². The molecule has 1 amide bonds. The van der Waals surface area contributed by atoms with Gasteiger partial charge in [0, 0.05) is 44.4 Å². The number of aliphatic hydroxyl groups is 2. The van der Waals surface area contributed by atoms with E-state index in [4.69, 9.17) is 29.4 Å². The maximum Gasteiger partial charge on any atom is 0.415 e. The predicted octanol–water partition coefficient (Wildman–Crippen LogP) is 4.98. The number of methoxy groups -OCH3 is 1. The molecule has 2 fully saturated rings. The maximum absolute atomic E-state index is 13.8. The fourth-order valence-electron chi connectivity index (χ4n) is 9.54. The summed E-state index contributed by atoms with van der Waals surface area (Å²) >= 11 is 0. The van der Waals surface area contributed by atoms with Crippen molar-refractivity contribution in [2.45, 2.75) is 89.6 Å². The molecule has 320 valence electrons. The van der Waals surface area contributed by atoms with Crippen molar-refractivity contribution in [3.05, 3.63) is 95.1 Å². The number of nitrogens with two attached hydrogens (primary N) is 1. The third-order valence-electron chi connectivity index (χ3n) is 12.7. The highest BCUT2D eigenvalue weighted by Gasteiger charge is 2.57. The normalized spacial score (nSPS) is 32.6. The number of nitrogens with zero attached hydrogens (tertiary/aromatic N) is 2. The minimum absolute atomic E-state index is 0.0429. The van der Waals surface area contributed by atoms with Crippen LogP contribution in [0.15, 0.2) is 84.0 Å². The number of piperazine rings is 1. The molecule has 0 radical (unpaired) electrons. The van der Waals surface area contributed by atoms with Gasteiger partial charge >= 0.3 is 12.1 Å². The molecule has 9 atom stereocenters. The zero-order chi connectivity index (χ0) is 42.9. The van der Waals surface area contributed by atoms with Crippen LogP contribution >= 0.6 is 0 Å². The number of hydrogen-bond donors (Lipinski definition) is 3. The molecule has 2 aliphatic carbocycles. The van der Waals surface area contributed by atoms with E-state index in [1.165, 1.54) is 7.11 Å². The summed E-state index contributed by atoms with van der Waals surface area (Å²) in [6.07, 6.45) is 2.94. The van der Waals surface area contributed by atoms with Gasteiger partial charge < -0.3 is 49.4 Å². The first kappa shape index (κ1) is 44.2. The van der Waals surface area contributed by atoms with E-state index in [1.54, 1.807) is 30.0 Å². The number of likely N-dealkylation sites (N-methyl/N-ethyl adjacent to an activating group) is 1. The van der Waals surface area contributed by atoms with Crippen molar-refractivity contribution >= 4 is 17.8 Å². The van der Waals surface area contributed by atoms with E-state index >= 15 is 0 Å². The number of carbonyl (C=O) groups excluding carboxylic acids is 3. The molecular formula is C46H61N3O10. The summed E-state index contributed by atoms with van der Waals surface area (Å²) in [6, 6.07) is 14.2. The second-order valence-corrected chi connectivity index (χ2v) is 17.3. The van der Waals surface area contributed by atoms with Gasteiger partial charge in [-0.25, -0.2) is 4.79 Å². The average molecular weight is 816 g/mol. The number of rotatable bonds is 10. The first-order chi connectivity index (χ1) is 27.9. The summed E-state index contributed by atoms with van der Waals surface area (Å²) < 4.78 is 30.3. The van der Waals surface area contributed by atoms with E-state index in [0.717, 1.165) is 5.56 Å². The standard InChI is InChI=1S/C46H61N3O10/c1-28(2)44(6)22-30(4)41-36(31(5)58-46(54,59-44)24-32-12-10-9-11-13-32)19-34(23-45(53)37(41)18-29(3)42(45)51)27-56-40(50)21-33-14-15-38(39(20-33)55-8)57-43(52)49-17-16-48(7)26-35(49)25-47/h9-15,18-20,30-31,35-37,41,53-54H,1,16-17,21-27,47H2,2-8H3/t30-,31?,35?,36?,37?,41?,44?,45?,46-/m1/s1. The molecule has 2 aliphatic heterocycles. The van der Waals surface area contributed by atoms with Crippen molar-refractivity contribution in [3.63, 3.8) is 0 Å². The first-order valence-corrected chi connectivity index (χ1v) is 20.5. The molecule has 13 heteroatoms. The highest BCUT2D eigenvalue weighted by molar-refractivity contribution is 6.04. The van der Waals surface area contributed by atoms with Crippen LogP contribution < -0.4 is 15.2 Å².